The number of amides is 1. The molecule has 1 N–H and O–H groups in total. The second-order valence-electron chi connectivity index (χ2n) is 7.36. The summed E-state index contributed by atoms with van der Waals surface area (Å²) in [5.41, 5.74) is 2.27. The molecule has 0 bridgehead atoms. The fourth-order valence-electron chi connectivity index (χ4n) is 3.65. The molecule has 1 saturated heterocycles. The third-order valence-electron chi connectivity index (χ3n) is 5.20. The Kier molecular flexibility index (Phi) is 6.93. The quantitative estimate of drug-likeness (QED) is 0.756. The van der Waals surface area contributed by atoms with Crippen molar-refractivity contribution in [3.63, 3.8) is 0 Å². The van der Waals surface area contributed by atoms with E-state index in [0.717, 1.165) is 30.0 Å². The summed E-state index contributed by atoms with van der Waals surface area (Å²) in [7, 11) is 1.68. The highest BCUT2D eigenvalue weighted by Gasteiger charge is 2.25. The van der Waals surface area contributed by atoms with E-state index in [1.807, 2.05) is 43.3 Å². The topological polar surface area (TPSA) is 50.8 Å². The zero-order valence-electron chi connectivity index (χ0n) is 17.0. The zero-order valence-corrected chi connectivity index (χ0v) is 17.0. The highest BCUT2D eigenvalue weighted by Crippen LogP contribution is 2.27. The van der Waals surface area contributed by atoms with Gasteiger partial charge in [0.15, 0.2) is 6.10 Å². The molecule has 28 heavy (non-hydrogen) atoms. The highest BCUT2D eigenvalue weighted by molar-refractivity contribution is 5.80. The first-order valence-corrected chi connectivity index (χ1v) is 9.96. The van der Waals surface area contributed by atoms with Crippen LogP contribution in [0.4, 0.5) is 0 Å². The van der Waals surface area contributed by atoms with E-state index < -0.39 is 6.10 Å². The zero-order chi connectivity index (χ0) is 19.9. The number of hydrogen-bond donors (Lipinski definition) is 1. The minimum Gasteiger partial charge on any atom is -0.497 e. The summed E-state index contributed by atoms with van der Waals surface area (Å²) in [6.07, 6.45) is 1.84. The Morgan fingerprint density at radius 3 is 2.54 bits per heavy atom. The molecule has 0 aromatic heterocycles. The summed E-state index contributed by atoms with van der Waals surface area (Å²) in [4.78, 5) is 15.1. The van der Waals surface area contributed by atoms with Crippen LogP contribution in [0.3, 0.4) is 0 Å². The molecule has 5 nitrogen and oxygen atoms in total. The molecule has 2 atom stereocenters. The van der Waals surface area contributed by atoms with Crippen LogP contribution in [0.15, 0.2) is 48.5 Å². The third-order valence-corrected chi connectivity index (χ3v) is 5.20. The van der Waals surface area contributed by atoms with Gasteiger partial charge in [0.05, 0.1) is 13.2 Å². The second-order valence-corrected chi connectivity index (χ2v) is 7.36. The standard InChI is InChI=1S/C23H30N2O3/c1-17-8-6-11-21(14-17)28-18(2)23(26)24-16-22(25-12-4-5-13-25)19-9-7-10-20(15-19)27-3/h6-11,14-15,18,22H,4-5,12-13,16H2,1-3H3,(H,24,26). The van der Waals surface area contributed by atoms with E-state index >= 15 is 0 Å². The van der Waals surface area contributed by atoms with Gasteiger partial charge in [-0.25, -0.2) is 0 Å². The van der Waals surface area contributed by atoms with Gasteiger partial charge < -0.3 is 14.8 Å². The van der Waals surface area contributed by atoms with Gasteiger partial charge in [0.1, 0.15) is 11.5 Å². The maximum atomic E-state index is 12.6. The number of aryl methyl sites for hydroxylation is 1. The molecule has 1 heterocycles. The average Bonchev–Trinajstić information content (AvgIpc) is 3.22. The third kappa shape index (κ3) is 5.26. The second kappa shape index (κ2) is 9.60. The Hall–Kier alpha value is -2.53. The predicted octanol–water partition coefficient (Wildman–Crippen LogP) is 3.72. The van der Waals surface area contributed by atoms with Crippen molar-refractivity contribution in [1.29, 1.82) is 0 Å². The summed E-state index contributed by atoms with van der Waals surface area (Å²) in [5.74, 6) is 1.45. The van der Waals surface area contributed by atoms with Gasteiger partial charge in [-0.1, -0.05) is 24.3 Å². The smallest absolute Gasteiger partial charge is 0.260 e. The monoisotopic (exact) mass is 382 g/mol. The SMILES string of the molecule is COc1cccc(C(CNC(=O)C(C)Oc2cccc(C)c2)N2CCCC2)c1. The minimum absolute atomic E-state index is 0.103. The van der Waals surface area contributed by atoms with Crippen molar-refractivity contribution >= 4 is 5.91 Å². The lowest BCUT2D eigenvalue weighted by Crippen LogP contribution is -2.42. The fourth-order valence-corrected chi connectivity index (χ4v) is 3.65. The Labute approximate surface area is 167 Å². The molecule has 1 aliphatic rings. The predicted molar refractivity (Wildman–Crippen MR) is 111 cm³/mol. The molecule has 0 spiro atoms. The Balaban J connectivity index is 1.64. The minimum atomic E-state index is -0.550. The number of methoxy groups -OCH3 is 1. The van der Waals surface area contributed by atoms with Crippen molar-refractivity contribution in [2.45, 2.75) is 38.8 Å². The normalized spacial score (nSPS) is 16.4. The molecule has 150 valence electrons. The van der Waals surface area contributed by atoms with Crippen molar-refractivity contribution in [1.82, 2.24) is 10.2 Å². The van der Waals surface area contributed by atoms with Crippen LogP contribution in [0.1, 0.15) is 36.9 Å². The molecular formula is C23H30N2O3. The van der Waals surface area contributed by atoms with Crippen LogP contribution >= 0.6 is 0 Å². The van der Waals surface area contributed by atoms with E-state index in [-0.39, 0.29) is 11.9 Å². The molecule has 1 fully saturated rings. The number of carbonyl (C=O) groups excluding carboxylic acids is 1. The maximum Gasteiger partial charge on any atom is 0.260 e. The van der Waals surface area contributed by atoms with E-state index in [4.69, 9.17) is 9.47 Å². The Morgan fingerprint density at radius 2 is 1.82 bits per heavy atom. The van der Waals surface area contributed by atoms with Crippen LogP contribution in [-0.4, -0.2) is 43.7 Å². The average molecular weight is 383 g/mol. The van der Waals surface area contributed by atoms with E-state index in [0.29, 0.717) is 12.3 Å². The molecule has 2 unspecified atom stereocenters. The first kappa shape index (κ1) is 20.2. The fraction of sp³-hybridized carbons (Fsp3) is 0.435. The van der Waals surface area contributed by atoms with Crippen LogP contribution in [0.25, 0.3) is 0 Å². The molecule has 0 aliphatic carbocycles. The molecule has 0 saturated carbocycles. The molecule has 0 radical (unpaired) electrons. The van der Waals surface area contributed by atoms with Gasteiger partial charge in [0, 0.05) is 6.54 Å². The number of likely N-dealkylation sites (tertiary alicyclic amines) is 1. The summed E-state index contributed by atoms with van der Waals surface area (Å²) in [6, 6.07) is 16.0. The molecule has 2 aromatic carbocycles. The van der Waals surface area contributed by atoms with Crippen LogP contribution in [0.5, 0.6) is 11.5 Å². The molecule has 5 heteroatoms. The summed E-state index contributed by atoms with van der Waals surface area (Å²) >= 11 is 0. The van der Waals surface area contributed by atoms with E-state index in [1.165, 1.54) is 12.8 Å². The summed E-state index contributed by atoms with van der Waals surface area (Å²) < 4.78 is 11.2. The molecule has 1 amide bonds. The van der Waals surface area contributed by atoms with Crippen molar-refractivity contribution in [3.05, 3.63) is 59.7 Å². The van der Waals surface area contributed by atoms with Crippen molar-refractivity contribution in [2.75, 3.05) is 26.7 Å². The number of nitrogens with zero attached hydrogens (tertiary/aromatic N) is 1. The summed E-state index contributed by atoms with van der Waals surface area (Å²) in [6.45, 7) is 6.44. The van der Waals surface area contributed by atoms with E-state index in [1.54, 1.807) is 14.0 Å². The van der Waals surface area contributed by atoms with Crippen LogP contribution < -0.4 is 14.8 Å². The first-order valence-electron chi connectivity index (χ1n) is 9.96. The molecule has 2 aromatic rings. The Bertz CT molecular complexity index is 787. The van der Waals surface area contributed by atoms with E-state index in [2.05, 4.69) is 22.3 Å². The number of nitrogens with one attached hydrogen (secondary N) is 1. The van der Waals surface area contributed by atoms with Crippen molar-refractivity contribution in [3.8, 4) is 11.5 Å². The number of carbonyl (C=O) groups is 1. The van der Waals surface area contributed by atoms with Crippen LogP contribution in [-0.2, 0) is 4.79 Å². The molecule has 3 rings (SSSR count). The van der Waals surface area contributed by atoms with Gasteiger partial charge in [-0.05, 0) is 75.2 Å². The number of ether oxygens (including phenoxy) is 2. The van der Waals surface area contributed by atoms with Gasteiger partial charge in [0.2, 0.25) is 0 Å². The first-order chi connectivity index (χ1) is 13.6. The lowest BCUT2D eigenvalue weighted by molar-refractivity contribution is -0.127. The van der Waals surface area contributed by atoms with Gasteiger partial charge in [-0.2, -0.15) is 0 Å². The summed E-state index contributed by atoms with van der Waals surface area (Å²) in [5, 5.41) is 3.08. The van der Waals surface area contributed by atoms with Gasteiger partial charge in [-0.3, -0.25) is 9.69 Å². The van der Waals surface area contributed by atoms with E-state index in [9.17, 15) is 4.79 Å². The van der Waals surface area contributed by atoms with Gasteiger partial charge in [0.25, 0.3) is 5.91 Å². The molecular weight excluding hydrogens is 352 g/mol. The van der Waals surface area contributed by atoms with Gasteiger partial charge in [-0.15, -0.1) is 0 Å². The van der Waals surface area contributed by atoms with Crippen molar-refractivity contribution in [2.24, 2.45) is 0 Å². The van der Waals surface area contributed by atoms with Crippen LogP contribution in [0.2, 0.25) is 0 Å². The Morgan fingerprint density at radius 1 is 1.11 bits per heavy atom. The maximum absolute atomic E-state index is 12.6. The van der Waals surface area contributed by atoms with Gasteiger partial charge >= 0.3 is 0 Å². The largest absolute Gasteiger partial charge is 0.497 e. The van der Waals surface area contributed by atoms with Crippen LogP contribution in [0, 0.1) is 6.92 Å². The lowest BCUT2D eigenvalue weighted by Gasteiger charge is -2.29. The van der Waals surface area contributed by atoms with Crippen molar-refractivity contribution < 1.29 is 14.3 Å². The lowest BCUT2D eigenvalue weighted by atomic mass is 10.0. The molecule has 1 aliphatic heterocycles. The number of rotatable bonds is 8. The highest BCUT2D eigenvalue weighted by atomic mass is 16.5. The number of hydrogen-bond acceptors (Lipinski definition) is 4. The number of benzene rings is 2.